The summed E-state index contributed by atoms with van der Waals surface area (Å²) in [7, 11) is 0. The van der Waals surface area contributed by atoms with Crippen LogP contribution in [0.5, 0.6) is 0 Å². The first-order chi connectivity index (χ1) is 13.5. The molecule has 7 nitrogen and oxygen atoms in total. The van der Waals surface area contributed by atoms with E-state index in [-0.39, 0.29) is 24.3 Å². The minimum atomic E-state index is -0.139. The van der Waals surface area contributed by atoms with Crippen LogP contribution in [0.15, 0.2) is 24.3 Å². The molecule has 3 amide bonds. The zero-order chi connectivity index (χ0) is 19.9. The summed E-state index contributed by atoms with van der Waals surface area (Å²) in [5.74, 6) is 0.742. The van der Waals surface area contributed by atoms with Gasteiger partial charge in [0.25, 0.3) is 5.91 Å². The Morgan fingerprint density at radius 2 is 2.04 bits per heavy atom. The number of carbonyl (C=O) groups is 3. The zero-order valence-corrected chi connectivity index (χ0v) is 16.5. The van der Waals surface area contributed by atoms with Gasteiger partial charge in [0.2, 0.25) is 11.8 Å². The van der Waals surface area contributed by atoms with Crippen LogP contribution >= 0.6 is 0 Å². The van der Waals surface area contributed by atoms with Crippen molar-refractivity contribution in [2.45, 2.75) is 32.7 Å². The lowest BCUT2D eigenvalue weighted by Gasteiger charge is -2.28. The van der Waals surface area contributed by atoms with Gasteiger partial charge in [-0.05, 0) is 55.5 Å². The highest BCUT2D eigenvalue weighted by Gasteiger charge is 2.23. The number of piperidine rings is 1. The van der Waals surface area contributed by atoms with Crippen LogP contribution < -0.4 is 16.0 Å². The topological polar surface area (TPSA) is 90.5 Å². The minimum Gasteiger partial charge on any atom is -0.353 e. The first-order valence-corrected chi connectivity index (χ1v) is 10.2. The van der Waals surface area contributed by atoms with Crippen LogP contribution in [0.25, 0.3) is 0 Å². The zero-order valence-electron chi connectivity index (χ0n) is 16.5. The normalized spacial score (nSPS) is 21.0. The highest BCUT2D eigenvalue weighted by atomic mass is 16.2. The van der Waals surface area contributed by atoms with Crippen molar-refractivity contribution in [3.05, 3.63) is 35.4 Å². The summed E-state index contributed by atoms with van der Waals surface area (Å²) in [6.45, 7) is 5.81. The number of nitrogens with zero attached hydrogens (tertiary/aromatic N) is 1. The third kappa shape index (κ3) is 5.55. The molecular formula is C21H30N4O3. The van der Waals surface area contributed by atoms with Crippen molar-refractivity contribution in [2.75, 3.05) is 32.7 Å². The summed E-state index contributed by atoms with van der Waals surface area (Å²) in [5, 5.41) is 9.09. The maximum Gasteiger partial charge on any atom is 0.254 e. The average molecular weight is 386 g/mol. The van der Waals surface area contributed by atoms with Gasteiger partial charge in [-0.25, -0.2) is 0 Å². The Kier molecular flexibility index (Phi) is 7.03. The van der Waals surface area contributed by atoms with Crippen molar-refractivity contribution < 1.29 is 14.4 Å². The number of hydrogen-bond acceptors (Lipinski definition) is 4. The molecule has 2 saturated heterocycles. The fourth-order valence-corrected chi connectivity index (χ4v) is 3.86. The summed E-state index contributed by atoms with van der Waals surface area (Å²) in [6, 6.07) is 7.22. The predicted octanol–water partition coefficient (Wildman–Crippen LogP) is 0.901. The quantitative estimate of drug-likeness (QED) is 0.678. The van der Waals surface area contributed by atoms with Crippen LogP contribution in [0.4, 0.5) is 0 Å². The summed E-state index contributed by atoms with van der Waals surface area (Å²) < 4.78 is 0. The molecule has 1 aromatic rings. The van der Waals surface area contributed by atoms with E-state index < -0.39 is 0 Å². The average Bonchev–Trinajstić information content (AvgIpc) is 2.72. The predicted molar refractivity (Wildman–Crippen MR) is 107 cm³/mol. The Hall–Kier alpha value is -2.41. The summed E-state index contributed by atoms with van der Waals surface area (Å²) in [4.78, 5) is 37.7. The molecule has 0 bridgehead atoms. The van der Waals surface area contributed by atoms with Crippen LogP contribution in [-0.2, 0) is 16.1 Å². The number of rotatable bonds is 6. The van der Waals surface area contributed by atoms with E-state index in [1.165, 1.54) is 12.8 Å². The second-order valence-corrected chi connectivity index (χ2v) is 7.84. The molecule has 3 rings (SSSR count). The van der Waals surface area contributed by atoms with Crippen LogP contribution in [0.1, 0.15) is 42.1 Å². The second kappa shape index (κ2) is 9.68. The Bertz CT molecular complexity index is 698. The van der Waals surface area contributed by atoms with E-state index in [1.807, 2.05) is 12.1 Å². The lowest BCUT2D eigenvalue weighted by Crippen LogP contribution is -2.49. The van der Waals surface area contributed by atoms with Gasteiger partial charge in [-0.1, -0.05) is 19.1 Å². The summed E-state index contributed by atoms with van der Waals surface area (Å²) in [5.41, 5.74) is 1.51. The van der Waals surface area contributed by atoms with Gasteiger partial charge in [-0.3, -0.25) is 14.4 Å². The SMILES string of the molecule is CC(CC(=O)NCc1ccc(C(=O)N2CCNC(=O)C2)cc1)C1CCCNC1. The fraction of sp³-hybridized carbons (Fsp3) is 0.571. The molecule has 28 heavy (non-hydrogen) atoms. The maximum absolute atomic E-state index is 12.5. The number of benzene rings is 1. The van der Waals surface area contributed by atoms with Gasteiger partial charge in [0, 0.05) is 31.6 Å². The molecule has 2 fully saturated rings. The first-order valence-electron chi connectivity index (χ1n) is 10.2. The molecule has 0 aromatic heterocycles. The summed E-state index contributed by atoms with van der Waals surface area (Å²) in [6.07, 6.45) is 2.92. The van der Waals surface area contributed by atoms with E-state index in [4.69, 9.17) is 0 Å². The molecule has 0 spiro atoms. The van der Waals surface area contributed by atoms with E-state index in [2.05, 4.69) is 22.9 Å². The van der Waals surface area contributed by atoms with Crippen LogP contribution in [-0.4, -0.2) is 55.3 Å². The van der Waals surface area contributed by atoms with Crippen molar-refractivity contribution in [3.63, 3.8) is 0 Å². The molecule has 7 heteroatoms. The van der Waals surface area contributed by atoms with Gasteiger partial charge in [0.05, 0.1) is 6.54 Å². The lowest BCUT2D eigenvalue weighted by molar-refractivity contribution is -0.123. The van der Waals surface area contributed by atoms with Crippen LogP contribution in [0.3, 0.4) is 0 Å². The Balaban J connectivity index is 1.45. The molecule has 2 aliphatic rings. The maximum atomic E-state index is 12.5. The smallest absolute Gasteiger partial charge is 0.254 e. The largest absolute Gasteiger partial charge is 0.353 e. The molecule has 3 N–H and O–H groups in total. The third-order valence-electron chi connectivity index (χ3n) is 5.66. The number of hydrogen-bond donors (Lipinski definition) is 3. The number of piperazine rings is 1. The number of nitrogens with one attached hydrogen (secondary N) is 3. The Labute approximate surface area is 166 Å². The number of carbonyl (C=O) groups excluding carboxylic acids is 3. The Morgan fingerprint density at radius 1 is 1.25 bits per heavy atom. The molecule has 1 aromatic carbocycles. The summed E-state index contributed by atoms with van der Waals surface area (Å²) >= 11 is 0. The van der Waals surface area contributed by atoms with E-state index in [9.17, 15) is 14.4 Å². The standard InChI is InChI=1S/C21H30N4O3/c1-15(18-3-2-8-22-13-18)11-19(26)24-12-16-4-6-17(7-5-16)21(28)25-10-9-23-20(27)14-25/h4-7,15,18,22H,2-3,8-14H2,1H3,(H,23,27)(H,24,26). The molecule has 0 aliphatic carbocycles. The number of amides is 3. The van der Waals surface area contributed by atoms with E-state index in [0.717, 1.165) is 18.7 Å². The van der Waals surface area contributed by atoms with Crippen LogP contribution in [0.2, 0.25) is 0 Å². The van der Waals surface area contributed by atoms with Crippen molar-refractivity contribution in [1.29, 1.82) is 0 Å². The molecule has 0 radical (unpaired) electrons. The van der Waals surface area contributed by atoms with Gasteiger partial charge < -0.3 is 20.9 Å². The van der Waals surface area contributed by atoms with Gasteiger partial charge in [0.15, 0.2) is 0 Å². The third-order valence-corrected chi connectivity index (χ3v) is 5.66. The minimum absolute atomic E-state index is 0.0672. The molecule has 152 valence electrons. The van der Waals surface area contributed by atoms with Gasteiger partial charge in [-0.2, -0.15) is 0 Å². The molecule has 2 aliphatic heterocycles. The Morgan fingerprint density at radius 3 is 2.71 bits per heavy atom. The van der Waals surface area contributed by atoms with Gasteiger partial charge in [-0.15, -0.1) is 0 Å². The second-order valence-electron chi connectivity index (χ2n) is 7.84. The monoisotopic (exact) mass is 386 g/mol. The van der Waals surface area contributed by atoms with Crippen molar-refractivity contribution in [3.8, 4) is 0 Å². The van der Waals surface area contributed by atoms with Gasteiger partial charge in [0.1, 0.15) is 0 Å². The van der Waals surface area contributed by atoms with E-state index in [0.29, 0.717) is 43.5 Å². The lowest BCUT2D eigenvalue weighted by atomic mass is 9.85. The first kappa shape index (κ1) is 20.3. The van der Waals surface area contributed by atoms with Crippen molar-refractivity contribution >= 4 is 17.7 Å². The fourth-order valence-electron chi connectivity index (χ4n) is 3.86. The van der Waals surface area contributed by atoms with E-state index >= 15 is 0 Å². The van der Waals surface area contributed by atoms with Crippen LogP contribution in [0, 0.1) is 11.8 Å². The molecular weight excluding hydrogens is 356 g/mol. The van der Waals surface area contributed by atoms with E-state index in [1.54, 1.807) is 17.0 Å². The highest BCUT2D eigenvalue weighted by Crippen LogP contribution is 2.22. The van der Waals surface area contributed by atoms with Crippen molar-refractivity contribution in [1.82, 2.24) is 20.9 Å². The molecule has 2 atom stereocenters. The van der Waals surface area contributed by atoms with Gasteiger partial charge >= 0.3 is 0 Å². The molecule has 2 unspecified atom stereocenters. The molecule has 0 saturated carbocycles. The molecule has 2 heterocycles. The highest BCUT2D eigenvalue weighted by molar-refractivity contribution is 5.97. The van der Waals surface area contributed by atoms with Crippen molar-refractivity contribution in [2.24, 2.45) is 11.8 Å².